The Morgan fingerprint density at radius 1 is 1.50 bits per heavy atom. The topological polar surface area (TPSA) is 75.6 Å². The van der Waals surface area contributed by atoms with E-state index in [4.69, 9.17) is 4.74 Å². The minimum absolute atomic E-state index is 0.0644. The van der Waals surface area contributed by atoms with Crippen molar-refractivity contribution in [3.8, 4) is 5.75 Å². The molecule has 2 atom stereocenters. The van der Waals surface area contributed by atoms with Crippen molar-refractivity contribution < 1.29 is 18.3 Å². The van der Waals surface area contributed by atoms with Crippen molar-refractivity contribution in [1.29, 1.82) is 0 Å². The lowest BCUT2D eigenvalue weighted by molar-refractivity contribution is 0.167. The van der Waals surface area contributed by atoms with Gasteiger partial charge in [0.1, 0.15) is 5.75 Å². The Bertz CT molecular complexity index is 571. The predicted octanol–water partition coefficient (Wildman–Crippen LogP) is 0.814. The average Bonchev–Trinajstić information content (AvgIpc) is 2.75. The summed E-state index contributed by atoms with van der Waals surface area (Å²) in [4.78, 5) is 0. The summed E-state index contributed by atoms with van der Waals surface area (Å²) in [5, 5.41) is 13.4. The van der Waals surface area contributed by atoms with Crippen molar-refractivity contribution in [2.24, 2.45) is 0 Å². The molecule has 20 heavy (non-hydrogen) atoms. The molecule has 0 spiro atoms. The quantitative estimate of drug-likeness (QED) is 0.841. The van der Waals surface area contributed by atoms with Gasteiger partial charge in [-0.05, 0) is 25.5 Å². The van der Waals surface area contributed by atoms with Crippen LogP contribution in [0.3, 0.4) is 0 Å². The fourth-order valence-electron chi connectivity index (χ4n) is 2.46. The van der Waals surface area contributed by atoms with Crippen molar-refractivity contribution in [2.45, 2.75) is 25.5 Å². The molecule has 1 saturated heterocycles. The van der Waals surface area contributed by atoms with Crippen LogP contribution >= 0.6 is 0 Å². The molecule has 2 N–H and O–H groups in total. The molecular formula is C14H21NO4S. The smallest absolute Gasteiger partial charge is 0.151 e. The van der Waals surface area contributed by atoms with Crippen LogP contribution in [-0.4, -0.2) is 44.7 Å². The average molecular weight is 299 g/mol. The number of benzene rings is 1. The Balaban J connectivity index is 1.98. The highest BCUT2D eigenvalue weighted by molar-refractivity contribution is 7.91. The summed E-state index contributed by atoms with van der Waals surface area (Å²) in [6.07, 6.45) is -0.104. The molecule has 1 aliphatic heterocycles. The maximum absolute atomic E-state index is 11.4. The first kappa shape index (κ1) is 15.3. The molecule has 1 aliphatic rings. The number of aliphatic hydroxyl groups is 1. The van der Waals surface area contributed by atoms with Crippen LogP contribution < -0.4 is 10.1 Å². The summed E-state index contributed by atoms with van der Waals surface area (Å²) in [5.41, 5.74) is 1.77. The minimum atomic E-state index is -2.90. The van der Waals surface area contributed by atoms with E-state index in [1.54, 1.807) is 7.11 Å². The van der Waals surface area contributed by atoms with E-state index in [1.165, 1.54) is 0 Å². The lowest BCUT2D eigenvalue weighted by atomic mass is 10.0. The van der Waals surface area contributed by atoms with Gasteiger partial charge in [0.15, 0.2) is 9.84 Å². The van der Waals surface area contributed by atoms with Crippen molar-refractivity contribution in [3.05, 3.63) is 29.3 Å². The molecule has 0 bridgehead atoms. The Kier molecular flexibility index (Phi) is 4.67. The van der Waals surface area contributed by atoms with Gasteiger partial charge in [0, 0.05) is 18.2 Å². The molecule has 2 rings (SSSR count). The highest BCUT2D eigenvalue weighted by atomic mass is 32.2. The summed E-state index contributed by atoms with van der Waals surface area (Å²) >= 11 is 0. The van der Waals surface area contributed by atoms with Crippen LogP contribution in [0.5, 0.6) is 5.75 Å². The number of hydrogen-bond acceptors (Lipinski definition) is 5. The van der Waals surface area contributed by atoms with Crippen LogP contribution in [0, 0.1) is 6.92 Å². The zero-order valence-corrected chi connectivity index (χ0v) is 12.6. The van der Waals surface area contributed by atoms with Gasteiger partial charge in [-0.15, -0.1) is 0 Å². The van der Waals surface area contributed by atoms with Gasteiger partial charge < -0.3 is 15.2 Å². The van der Waals surface area contributed by atoms with Crippen molar-refractivity contribution in [3.63, 3.8) is 0 Å². The lowest BCUT2D eigenvalue weighted by Gasteiger charge is -2.18. The SMILES string of the molecule is COc1ccc(C)cc1C(O)CNC1CCS(=O)(=O)C1. The molecule has 0 amide bonds. The Morgan fingerprint density at radius 3 is 2.85 bits per heavy atom. The molecular weight excluding hydrogens is 278 g/mol. The molecule has 112 valence electrons. The number of aryl methyl sites for hydroxylation is 1. The molecule has 5 nitrogen and oxygen atoms in total. The number of nitrogens with one attached hydrogen (secondary N) is 1. The molecule has 1 aromatic carbocycles. The van der Waals surface area contributed by atoms with E-state index in [9.17, 15) is 13.5 Å². The van der Waals surface area contributed by atoms with Gasteiger partial charge in [0.05, 0.1) is 24.7 Å². The van der Waals surface area contributed by atoms with Crippen molar-refractivity contribution in [2.75, 3.05) is 25.2 Å². The maximum atomic E-state index is 11.4. The zero-order valence-electron chi connectivity index (χ0n) is 11.8. The monoisotopic (exact) mass is 299 g/mol. The number of rotatable bonds is 5. The van der Waals surface area contributed by atoms with E-state index in [0.29, 0.717) is 18.7 Å². The van der Waals surface area contributed by atoms with E-state index >= 15 is 0 Å². The molecule has 0 aromatic heterocycles. The molecule has 2 unspecified atom stereocenters. The van der Waals surface area contributed by atoms with Crippen LogP contribution in [0.25, 0.3) is 0 Å². The van der Waals surface area contributed by atoms with E-state index < -0.39 is 15.9 Å². The maximum Gasteiger partial charge on any atom is 0.151 e. The fraction of sp³-hybridized carbons (Fsp3) is 0.571. The van der Waals surface area contributed by atoms with Crippen LogP contribution in [0.1, 0.15) is 23.7 Å². The van der Waals surface area contributed by atoms with Gasteiger partial charge in [-0.1, -0.05) is 11.6 Å². The van der Waals surface area contributed by atoms with Crippen LogP contribution in [0.15, 0.2) is 18.2 Å². The Morgan fingerprint density at radius 2 is 2.25 bits per heavy atom. The Hall–Kier alpha value is -1.11. The Labute approximate surface area is 119 Å². The van der Waals surface area contributed by atoms with Gasteiger partial charge in [-0.3, -0.25) is 0 Å². The number of aliphatic hydroxyl groups excluding tert-OH is 1. The zero-order chi connectivity index (χ0) is 14.8. The highest BCUT2D eigenvalue weighted by Gasteiger charge is 2.28. The first-order valence-electron chi connectivity index (χ1n) is 6.67. The van der Waals surface area contributed by atoms with Gasteiger partial charge in [0.2, 0.25) is 0 Å². The van der Waals surface area contributed by atoms with Crippen LogP contribution in [0.4, 0.5) is 0 Å². The number of ether oxygens (including phenoxy) is 1. The molecule has 6 heteroatoms. The van der Waals surface area contributed by atoms with E-state index in [2.05, 4.69) is 5.32 Å². The number of hydrogen-bond donors (Lipinski definition) is 2. The predicted molar refractivity (Wildman–Crippen MR) is 77.8 cm³/mol. The summed E-state index contributed by atoms with van der Waals surface area (Å²) in [6.45, 7) is 2.27. The van der Waals surface area contributed by atoms with E-state index in [1.807, 2.05) is 25.1 Å². The molecule has 1 heterocycles. The number of methoxy groups -OCH3 is 1. The highest BCUT2D eigenvalue weighted by Crippen LogP contribution is 2.26. The first-order chi connectivity index (χ1) is 9.41. The summed E-state index contributed by atoms with van der Waals surface area (Å²) in [5.74, 6) is 1.03. The second-order valence-corrected chi connectivity index (χ2v) is 7.50. The third kappa shape index (κ3) is 3.71. The largest absolute Gasteiger partial charge is 0.496 e. The van der Waals surface area contributed by atoms with Gasteiger partial charge in [-0.25, -0.2) is 8.42 Å². The minimum Gasteiger partial charge on any atom is -0.496 e. The first-order valence-corrected chi connectivity index (χ1v) is 8.50. The molecule has 1 aromatic rings. The van der Waals surface area contributed by atoms with Crippen LogP contribution in [-0.2, 0) is 9.84 Å². The lowest BCUT2D eigenvalue weighted by Crippen LogP contribution is -2.33. The summed E-state index contributed by atoms with van der Waals surface area (Å²) in [7, 11) is -1.33. The van der Waals surface area contributed by atoms with Crippen molar-refractivity contribution >= 4 is 9.84 Å². The standard InChI is InChI=1S/C14H21NO4S/c1-10-3-4-14(19-2)12(7-10)13(16)8-15-11-5-6-20(17,18)9-11/h3-4,7,11,13,15-16H,5-6,8-9H2,1-2H3. The third-order valence-electron chi connectivity index (χ3n) is 3.58. The van der Waals surface area contributed by atoms with Gasteiger partial charge in [-0.2, -0.15) is 0 Å². The summed E-state index contributed by atoms with van der Waals surface area (Å²) < 4.78 is 28.0. The van der Waals surface area contributed by atoms with Crippen molar-refractivity contribution in [1.82, 2.24) is 5.32 Å². The van der Waals surface area contributed by atoms with Crippen LogP contribution in [0.2, 0.25) is 0 Å². The normalized spacial score (nSPS) is 22.6. The summed E-state index contributed by atoms with van der Waals surface area (Å²) in [6, 6.07) is 5.57. The third-order valence-corrected chi connectivity index (χ3v) is 5.34. The molecule has 0 aliphatic carbocycles. The second kappa shape index (κ2) is 6.11. The molecule has 0 radical (unpaired) electrons. The van der Waals surface area contributed by atoms with E-state index in [0.717, 1.165) is 11.1 Å². The van der Waals surface area contributed by atoms with Gasteiger partial charge in [0.25, 0.3) is 0 Å². The fourth-order valence-corrected chi connectivity index (χ4v) is 4.17. The molecule has 0 saturated carbocycles. The molecule has 1 fully saturated rings. The van der Waals surface area contributed by atoms with E-state index in [-0.39, 0.29) is 17.5 Å². The van der Waals surface area contributed by atoms with Gasteiger partial charge >= 0.3 is 0 Å². The second-order valence-electron chi connectivity index (χ2n) is 5.27. The number of sulfone groups is 1.